The number of nitrogens with two attached hydrogens (primary N) is 2. The molecule has 226 valence electrons. The summed E-state index contributed by atoms with van der Waals surface area (Å²) in [6, 6.07) is 32.2. The average Bonchev–Trinajstić information content (AvgIpc) is 3.07. The van der Waals surface area contributed by atoms with E-state index in [1.54, 1.807) is 28.4 Å². The molecule has 4 aromatic carbocycles. The van der Waals surface area contributed by atoms with Gasteiger partial charge in [-0.25, -0.2) is 0 Å². The molecule has 0 saturated carbocycles. The summed E-state index contributed by atoms with van der Waals surface area (Å²) in [6.07, 6.45) is 4.12. The summed E-state index contributed by atoms with van der Waals surface area (Å²) in [6.45, 7) is 0. The van der Waals surface area contributed by atoms with Gasteiger partial charge in [0.15, 0.2) is 14.6 Å². The Hall–Kier alpha value is -4.71. The van der Waals surface area contributed by atoms with Crippen molar-refractivity contribution in [2.75, 3.05) is 28.4 Å². The molecule has 4 N–H and O–H groups in total. The van der Waals surface area contributed by atoms with Crippen molar-refractivity contribution in [2.24, 2.45) is 11.5 Å². The van der Waals surface area contributed by atoms with Crippen molar-refractivity contribution in [3.05, 3.63) is 131 Å². The lowest BCUT2D eigenvalue weighted by molar-refractivity contribution is 0.414. The van der Waals surface area contributed by atoms with Gasteiger partial charge in [-0.2, -0.15) is 0 Å². The quantitative estimate of drug-likeness (QED) is 0.126. The van der Waals surface area contributed by atoms with E-state index >= 15 is 0 Å². The summed E-state index contributed by atoms with van der Waals surface area (Å²) in [5.41, 5.74) is 21.6. The molecule has 44 heavy (non-hydrogen) atoms. The number of hydrogen-bond acceptors (Lipinski definition) is 6. The molecule has 0 bridgehead atoms. The minimum absolute atomic E-state index is 0.807. The first-order valence-corrected chi connectivity index (χ1v) is 15.0. The van der Waals surface area contributed by atoms with Gasteiger partial charge >= 0.3 is 0 Å². The van der Waals surface area contributed by atoms with Gasteiger partial charge in [0, 0.05) is 0 Å². The van der Waals surface area contributed by atoms with Crippen LogP contribution in [0.15, 0.2) is 108 Å². The molecule has 0 aliphatic carbocycles. The zero-order valence-corrected chi connectivity index (χ0v) is 26.3. The summed E-state index contributed by atoms with van der Waals surface area (Å²) < 4.78 is 21.4. The maximum Gasteiger partial charge on any atom is 0.179 e. The van der Waals surface area contributed by atoms with Crippen LogP contribution in [0.2, 0.25) is 12.6 Å². The van der Waals surface area contributed by atoms with Crippen molar-refractivity contribution in [3.63, 3.8) is 0 Å². The highest BCUT2D eigenvalue weighted by Gasteiger charge is 2.13. The van der Waals surface area contributed by atoms with Gasteiger partial charge in [-0.15, -0.1) is 0 Å². The first-order valence-electron chi connectivity index (χ1n) is 15.0. The van der Waals surface area contributed by atoms with Gasteiger partial charge in [-0.05, 0) is 93.1 Å². The molecular weight excluding hydrogens is 546 g/mol. The molecule has 0 atom stereocenters. The average molecular weight is 588 g/mol. The van der Waals surface area contributed by atoms with Crippen molar-refractivity contribution in [1.82, 2.24) is 0 Å². The van der Waals surface area contributed by atoms with Crippen LogP contribution in [-0.4, -0.2) is 43.0 Å². The van der Waals surface area contributed by atoms with Crippen LogP contribution >= 0.6 is 0 Å². The highest BCUT2D eigenvalue weighted by molar-refractivity contribution is 6.48. The zero-order chi connectivity index (χ0) is 31.3. The molecule has 0 radical (unpaired) electrons. The summed E-state index contributed by atoms with van der Waals surface area (Å²) in [7, 11) is 8.30. The van der Waals surface area contributed by atoms with Crippen molar-refractivity contribution in [3.8, 4) is 23.0 Å². The molecule has 0 aromatic heterocycles. The van der Waals surface area contributed by atoms with Crippen LogP contribution in [0.3, 0.4) is 0 Å². The predicted octanol–water partition coefficient (Wildman–Crippen LogP) is 6.26. The third-order valence-electron chi connectivity index (χ3n) is 7.80. The summed E-state index contributed by atoms with van der Waals surface area (Å²) in [4.78, 5) is 0. The van der Waals surface area contributed by atoms with E-state index in [0.717, 1.165) is 108 Å². The summed E-state index contributed by atoms with van der Waals surface area (Å²) in [5, 5.41) is 0. The van der Waals surface area contributed by atoms with E-state index in [2.05, 4.69) is 48.5 Å². The molecule has 0 fully saturated rings. The second kappa shape index (κ2) is 16.2. The number of ether oxygens (including phenoxy) is 4. The molecule has 0 spiro atoms. The van der Waals surface area contributed by atoms with Gasteiger partial charge in [0.2, 0.25) is 0 Å². The Morgan fingerprint density at radius 2 is 0.659 bits per heavy atom. The van der Waals surface area contributed by atoms with Gasteiger partial charge in [-0.1, -0.05) is 74.0 Å². The highest BCUT2D eigenvalue weighted by atomic mass is 16.5. The summed E-state index contributed by atoms with van der Waals surface area (Å²) in [5.74, 6) is 3.27. The van der Waals surface area contributed by atoms with Crippen LogP contribution in [0.4, 0.5) is 0 Å². The molecule has 0 saturated heterocycles. The number of rotatable bonds is 15. The third-order valence-corrected chi connectivity index (χ3v) is 7.80. The smallest absolute Gasteiger partial charge is 0.179 e. The van der Waals surface area contributed by atoms with Crippen LogP contribution in [-0.2, 0) is 0 Å². The molecule has 8 heteroatoms. The SMILES string of the molecule is COc1ccc(C(=C(N)BCCCCBC(N)=C(c2ccc(OC)cc2)c2ccc(OC)cc2)c2ccc(OC)cc2)cc1. The van der Waals surface area contributed by atoms with Gasteiger partial charge in [0.1, 0.15) is 23.0 Å². The molecule has 0 aliphatic heterocycles. The molecule has 0 heterocycles. The van der Waals surface area contributed by atoms with Crippen molar-refractivity contribution < 1.29 is 18.9 Å². The normalized spacial score (nSPS) is 10.4. The van der Waals surface area contributed by atoms with Crippen LogP contribution in [0, 0.1) is 0 Å². The summed E-state index contributed by atoms with van der Waals surface area (Å²) >= 11 is 0. The Morgan fingerprint density at radius 3 is 0.864 bits per heavy atom. The van der Waals surface area contributed by atoms with E-state index in [1.165, 1.54) is 0 Å². The van der Waals surface area contributed by atoms with E-state index in [-0.39, 0.29) is 0 Å². The van der Waals surface area contributed by atoms with E-state index in [4.69, 9.17) is 30.4 Å². The predicted molar refractivity (Wildman–Crippen MR) is 186 cm³/mol. The molecule has 4 rings (SSSR count). The van der Waals surface area contributed by atoms with Gasteiger partial charge < -0.3 is 30.4 Å². The molecule has 0 unspecified atom stereocenters. The lowest BCUT2D eigenvalue weighted by atomic mass is 9.63. The van der Waals surface area contributed by atoms with E-state index in [9.17, 15) is 0 Å². The number of methoxy groups -OCH3 is 4. The largest absolute Gasteiger partial charge is 0.497 e. The van der Waals surface area contributed by atoms with Crippen LogP contribution < -0.4 is 30.4 Å². The van der Waals surface area contributed by atoms with Crippen molar-refractivity contribution in [2.45, 2.75) is 25.5 Å². The Morgan fingerprint density at radius 1 is 0.432 bits per heavy atom. The minimum atomic E-state index is 0.807. The van der Waals surface area contributed by atoms with Gasteiger partial charge in [0.25, 0.3) is 0 Å². The number of unbranched alkanes of at least 4 members (excludes halogenated alkanes) is 1. The fourth-order valence-corrected chi connectivity index (χ4v) is 5.34. The van der Waals surface area contributed by atoms with Crippen LogP contribution in [0.25, 0.3) is 11.1 Å². The number of benzene rings is 4. The van der Waals surface area contributed by atoms with E-state index in [1.807, 2.05) is 48.5 Å². The molecule has 6 nitrogen and oxygen atoms in total. The third kappa shape index (κ3) is 8.44. The second-order valence-electron chi connectivity index (χ2n) is 10.6. The Labute approximate surface area is 263 Å². The first-order chi connectivity index (χ1) is 21.5. The van der Waals surface area contributed by atoms with Crippen LogP contribution in [0.5, 0.6) is 23.0 Å². The van der Waals surface area contributed by atoms with Crippen LogP contribution in [0.1, 0.15) is 35.1 Å². The van der Waals surface area contributed by atoms with Crippen molar-refractivity contribution >= 4 is 25.7 Å². The van der Waals surface area contributed by atoms with Gasteiger partial charge in [0.05, 0.1) is 28.4 Å². The highest BCUT2D eigenvalue weighted by Crippen LogP contribution is 2.30. The molecule has 0 aliphatic rings. The Balaban J connectivity index is 1.43. The monoisotopic (exact) mass is 588 g/mol. The lowest BCUT2D eigenvalue weighted by Gasteiger charge is -2.15. The van der Waals surface area contributed by atoms with Crippen molar-refractivity contribution in [1.29, 1.82) is 0 Å². The lowest BCUT2D eigenvalue weighted by Crippen LogP contribution is -2.12. The standard InChI is InChI=1S/C36H42B2N2O4/c1-41-29-15-7-25(8-16-29)33(26-9-17-30(42-2)18-10-26)35(39)37-23-5-6-24-38-36(40)34(27-11-19-31(43-3)20-12-27)28-13-21-32(44-4)22-14-28/h7-22,37-38H,5-6,23-24,39-40H2,1-4H3. The maximum absolute atomic E-state index is 6.77. The van der Waals surface area contributed by atoms with E-state index < -0.39 is 0 Å². The first kappa shape index (κ1) is 32.2. The zero-order valence-electron chi connectivity index (χ0n) is 26.3. The number of hydrogen-bond donors (Lipinski definition) is 2. The van der Waals surface area contributed by atoms with Gasteiger partial charge in [-0.3, -0.25) is 0 Å². The fourth-order valence-electron chi connectivity index (χ4n) is 5.34. The topological polar surface area (TPSA) is 89.0 Å². The minimum Gasteiger partial charge on any atom is -0.497 e. The van der Waals surface area contributed by atoms with E-state index in [0.29, 0.717) is 0 Å². The second-order valence-corrected chi connectivity index (χ2v) is 10.6. The fraction of sp³-hybridized carbons (Fsp3) is 0.222. The maximum atomic E-state index is 6.77. The Kier molecular flexibility index (Phi) is 11.9. The molecular formula is C36H42B2N2O4. The molecule has 0 amide bonds. The Bertz CT molecular complexity index is 1320. The molecule has 4 aromatic rings.